The molecular formula is C18H14F2N4O3. The predicted molar refractivity (Wildman–Crippen MR) is 93.9 cm³/mol. The molecule has 138 valence electrons. The molecule has 2 aromatic carbocycles. The van der Waals surface area contributed by atoms with Crippen LogP contribution in [-0.2, 0) is 6.42 Å². The lowest BCUT2D eigenvalue weighted by atomic mass is 10.1. The van der Waals surface area contributed by atoms with Crippen LogP contribution in [0.3, 0.4) is 0 Å². The van der Waals surface area contributed by atoms with E-state index in [2.05, 4.69) is 10.4 Å². The molecule has 0 fully saturated rings. The molecule has 0 unspecified atom stereocenters. The number of carbonyl (C=O) groups excluding carboxylic acids is 1. The van der Waals surface area contributed by atoms with Gasteiger partial charge in [0.25, 0.3) is 11.6 Å². The maximum absolute atomic E-state index is 13.9. The van der Waals surface area contributed by atoms with Crippen molar-refractivity contribution in [3.63, 3.8) is 0 Å². The summed E-state index contributed by atoms with van der Waals surface area (Å²) in [5, 5.41) is 17.3. The molecule has 7 nitrogen and oxygen atoms in total. The van der Waals surface area contributed by atoms with Gasteiger partial charge in [-0.25, -0.2) is 13.5 Å². The molecule has 9 heteroatoms. The quantitative estimate of drug-likeness (QED) is 0.544. The number of amides is 1. The molecule has 0 atom stereocenters. The van der Waals surface area contributed by atoms with E-state index >= 15 is 0 Å². The lowest BCUT2D eigenvalue weighted by Gasteiger charge is -2.09. The standard InChI is InChI=1S/C18H14F2N4O3/c1-2-17-14(10-21-23(17)12-5-3-11(19)4-6-12)18(25)22-16-9-13(24(26)27)7-8-15(16)20/h3-10H,2H2,1H3,(H,22,25). The van der Waals surface area contributed by atoms with E-state index in [0.717, 1.165) is 18.2 Å². The van der Waals surface area contributed by atoms with Crippen molar-refractivity contribution in [1.29, 1.82) is 0 Å². The second kappa shape index (κ2) is 7.32. The minimum atomic E-state index is -0.794. The Morgan fingerprint density at radius 1 is 1.22 bits per heavy atom. The average Bonchev–Trinajstić information content (AvgIpc) is 3.08. The zero-order chi connectivity index (χ0) is 19.6. The number of nitro groups is 1. The first-order chi connectivity index (χ1) is 12.9. The van der Waals surface area contributed by atoms with Gasteiger partial charge in [-0.15, -0.1) is 0 Å². The van der Waals surface area contributed by atoms with Crippen molar-refractivity contribution in [2.45, 2.75) is 13.3 Å². The number of nitrogens with one attached hydrogen (secondary N) is 1. The molecule has 0 spiro atoms. The van der Waals surface area contributed by atoms with E-state index in [9.17, 15) is 23.7 Å². The molecule has 3 aromatic rings. The normalized spacial score (nSPS) is 10.6. The number of hydrogen-bond donors (Lipinski definition) is 1. The van der Waals surface area contributed by atoms with E-state index in [4.69, 9.17) is 0 Å². The number of carbonyl (C=O) groups is 1. The van der Waals surface area contributed by atoms with Gasteiger partial charge < -0.3 is 5.32 Å². The molecule has 0 radical (unpaired) electrons. The molecule has 0 aliphatic carbocycles. The van der Waals surface area contributed by atoms with Crippen molar-refractivity contribution >= 4 is 17.3 Å². The smallest absolute Gasteiger partial charge is 0.271 e. The first-order valence-electron chi connectivity index (χ1n) is 7.98. The van der Waals surface area contributed by atoms with Crippen LogP contribution in [-0.4, -0.2) is 20.6 Å². The predicted octanol–water partition coefficient (Wildman–Crippen LogP) is 3.87. The Kier molecular flexibility index (Phi) is 4.93. The fraction of sp³-hybridized carbons (Fsp3) is 0.111. The van der Waals surface area contributed by atoms with E-state index in [-0.39, 0.29) is 16.9 Å². The van der Waals surface area contributed by atoms with Crippen LogP contribution in [0.5, 0.6) is 0 Å². The van der Waals surface area contributed by atoms with Crippen LogP contribution in [0.4, 0.5) is 20.2 Å². The Morgan fingerprint density at radius 3 is 2.56 bits per heavy atom. The molecule has 0 bridgehead atoms. The van der Waals surface area contributed by atoms with Crippen LogP contribution in [0, 0.1) is 21.7 Å². The SMILES string of the molecule is CCc1c(C(=O)Nc2cc([N+](=O)[O-])ccc2F)cnn1-c1ccc(F)cc1. The fourth-order valence-corrected chi connectivity index (χ4v) is 2.62. The van der Waals surface area contributed by atoms with Crippen molar-refractivity contribution in [3.05, 3.63) is 81.7 Å². The van der Waals surface area contributed by atoms with Gasteiger partial charge in [0.15, 0.2) is 0 Å². The lowest BCUT2D eigenvalue weighted by Crippen LogP contribution is -2.15. The van der Waals surface area contributed by atoms with Gasteiger partial charge in [-0.3, -0.25) is 14.9 Å². The Balaban J connectivity index is 1.93. The van der Waals surface area contributed by atoms with Gasteiger partial charge in [0.2, 0.25) is 0 Å². The maximum atomic E-state index is 13.9. The highest BCUT2D eigenvalue weighted by molar-refractivity contribution is 6.05. The second-order valence-corrected chi connectivity index (χ2v) is 5.62. The molecule has 0 saturated carbocycles. The van der Waals surface area contributed by atoms with Crippen LogP contribution in [0.1, 0.15) is 23.0 Å². The third kappa shape index (κ3) is 3.66. The van der Waals surface area contributed by atoms with E-state index in [1.807, 2.05) is 6.92 Å². The zero-order valence-electron chi connectivity index (χ0n) is 14.1. The highest BCUT2D eigenvalue weighted by atomic mass is 19.1. The zero-order valence-corrected chi connectivity index (χ0v) is 14.1. The van der Waals surface area contributed by atoms with E-state index in [1.165, 1.54) is 35.1 Å². The number of halogens is 2. The number of nitrogens with zero attached hydrogens (tertiary/aromatic N) is 3. The van der Waals surface area contributed by atoms with E-state index in [0.29, 0.717) is 17.8 Å². The summed E-state index contributed by atoms with van der Waals surface area (Å²) in [5.74, 6) is -1.85. The third-order valence-corrected chi connectivity index (χ3v) is 3.93. The number of benzene rings is 2. The van der Waals surface area contributed by atoms with Crippen molar-refractivity contribution < 1.29 is 18.5 Å². The lowest BCUT2D eigenvalue weighted by molar-refractivity contribution is -0.384. The first-order valence-corrected chi connectivity index (χ1v) is 7.98. The summed E-state index contributed by atoms with van der Waals surface area (Å²) in [5.41, 5.74) is 0.640. The van der Waals surface area contributed by atoms with Gasteiger partial charge in [0.05, 0.1) is 33.8 Å². The fourth-order valence-electron chi connectivity index (χ4n) is 2.62. The molecule has 1 aromatic heterocycles. The van der Waals surface area contributed by atoms with Crippen molar-refractivity contribution in [2.75, 3.05) is 5.32 Å². The van der Waals surface area contributed by atoms with Crippen molar-refractivity contribution in [3.8, 4) is 5.69 Å². The van der Waals surface area contributed by atoms with Gasteiger partial charge in [-0.2, -0.15) is 5.10 Å². The van der Waals surface area contributed by atoms with Gasteiger partial charge in [0.1, 0.15) is 11.6 Å². The van der Waals surface area contributed by atoms with Crippen LogP contribution < -0.4 is 5.32 Å². The minimum Gasteiger partial charge on any atom is -0.319 e. The molecule has 1 heterocycles. The summed E-state index contributed by atoms with van der Waals surface area (Å²) in [4.78, 5) is 22.7. The minimum absolute atomic E-state index is 0.188. The Bertz CT molecular complexity index is 1020. The molecule has 0 saturated heterocycles. The number of rotatable bonds is 5. The summed E-state index contributed by atoms with van der Waals surface area (Å²) in [6.45, 7) is 1.81. The highest BCUT2D eigenvalue weighted by Gasteiger charge is 2.20. The first kappa shape index (κ1) is 18.2. The topological polar surface area (TPSA) is 90.1 Å². The number of hydrogen-bond acceptors (Lipinski definition) is 4. The van der Waals surface area contributed by atoms with E-state index < -0.39 is 22.5 Å². The van der Waals surface area contributed by atoms with Gasteiger partial charge in [0, 0.05) is 12.1 Å². The summed E-state index contributed by atoms with van der Waals surface area (Å²) in [6, 6.07) is 8.45. The highest BCUT2D eigenvalue weighted by Crippen LogP contribution is 2.23. The van der Waals surface area contributed by atoms with E-state index in [1.54, 1.807) is 0 Å². The van der Waals surface area contributed by atoms with Crippen LogP contribution in [0.15, 0.2) is 48.7 Å². The summed E-state index contributed by atoms with van der Waals surface area (Å²) < 4.78 is 28.5. The molecule has 1 amide bonds. The molecule has 0 aliphatic rings. The number of non-ortho nitro benzene ring substituents is 1. The van der Waals surface area contributed by atoms with Crippen LogP contribution >= 0.6 is 0 Å². The average molecular weight is 372 g/mol. The molecule has 27 heavy (non-hydrogen) atoms. The molecule has 3 rings (SSSR count). The molecular weight excluding hydrogens is 358 g/mol. The summed E-state index contributed by atoms with van der Waals surface area (Å²) in [7, 11) is 0. The monoisotopic (exact) mass is 372 g/mol. The Hall–Kier alpha value is -3.62. The number of anilines is 1. The second-order valence-electron chi connectivity index (χ2n) is 5.62. The third-order valence-electron chi connectivity index (χ3n) is 3.93. The molecule has 0 aliphatic heterocycles. The largest absolute Gasteiger partial charge is 0.319 e. The maximum Gasteiger partial charge on any atom is 0.271 e. The van der Waals surface area contributed by atoms with Crippen LogP contribution in [0.2, 0.25) is 0 Å². The number of aromatic nitrogens is 2. The Labute approximate surface area is 152 Å². The van der Waals surface area contributed by atoms with Gasteiger partial charge in [-0.05, 0) is 36.8 Å². The van der Waals surface area contributed by atoms with Crippen molar-refractivity contribution in [2.24, 2.45) is 0 Å². The van der Waals surface area contributed by atoms with Gasteiger partial charge >= 0.3 is 0 Å². The summed E-state index contributed by atoms with van der Waals surface area (Å²) >= 11 is 0. The van der Waals surface area contributed by atoms with Crippen LogP contribution in [0.25, 0.3) is 5.69 Å². The number of nitro benzene ring substituents is 1. The van der Waals surface area contributed by atoms with Crippen molar-refractivity contribution in [1.82, 2.24) is 9.78 Å². The van der Waals surface area contributed by atoms with Gasteiger partial charge in [-0.1, -0.05) is 6.92 Å². The molecule has 1 N–H and O–H groups in total. The Morgan fingerprint density at radius 2 is 1.93 bits per heavy atom. The summed E-state index contributed by atoms with van der Waals surface area (Å²) in [6.07, 6.45) is 1.74.